The first-order chi connectivity index (χ1) is 11.9. The lowest BCUT2D eigenvalue weighted by molar-refractivity contribution is -0.119. The molecule has 0 fully saturated rings. The van der Waals surface area contributed by atoms with Gasteiger partial charge in [0.2, 0.25) is 5.91 Å². The number of aromatic nitrogens is 3. The van der Waals surface area contributed by atoms with Crippen molar-refractivity contribution in [1.82, 2.24) is 20.1 Å². The maximum Gasteiger partial charge on any atom is 0.413 e. The summed E-state index contributed by atoms with van der Waals surface area (Å²) in [5.41, 5.74) is 0. The van der Waals surface area contributed by atoms with E-state index in [1.54, 1.807) is 30.7 Å². The van der Waals surface area contributed by atoms with Crippen molar-refractivity contribution in [2.75, 3.05) is 7.11 Å². The van der Waals surface area contributed by atoms with Crippen molar-refractivity contribution in [1.29, 1.82) is 0 Å². The third kappa shape index (κ3) is 5.10. The van der Waals surface area contributed by atoms with E-state index in [4.69, 9.17) is 16.3 Å². The maximum atomic E-state index is 11.9. The van der Waals surface area contributed by atoms with Crippen LogP contribution < -0.4 is 10.1 Å². The number of benzene rings is 1. The lowest BCUT2D eigenvalue weighted by Gasteiger charge is -2.10. The number of alkyl carbamates (subject to hydrolysis) is 1. The molecule has 0 aliphatic carbocycles. The van der Waals surface area contributed by atoms with E-state index >= 15 is 0 Å². The summed E-state index contributed by atoms with van der Waals surface area (Å²) in [6.45, 7) is 1.83. The summed E-state index contributed by atoms with van der Waals surface area (Å²) in [6, 6.07) is 7.12. The highest BCUT2D eigenvalue weighted by Gasteiger charge is 2.21. The Morgan fingerprint density at radius 2 is 2.08 bits per heavy atom. The average Bonchev–Trinajstić information content (AvgIpc) is 2.94. The number of imide groups is 1. The van der Waals surface area contributed by atoms with Crippen LogP contribution in [0.4, 0.5) is 4.79 Å². The van der Waals surface area contributed by atoms with Crippen molar-refractivity contribution in [2.45, 2.75) is 23.9 Å². The molecule has 2 amide bonds. The first kappa shape index (κ1) is 19.1. The van der Waals surface area contributed by atoms with Crippen molar-refractivity contribution >= 4 is 35.4 Å². The molecule has 0 bridgehead atoms. The molecule has 1 N–H and O–H groups in total. The topological polar surface area (TPSA) is 95.3 Å². The largest absolute Gasteiger partial charge is 0.484 e. The molecule has 0 radical (unpaired) electrons. The molecule has 1 atom stereocenters. The summed E-state index contributed by atoms with van der Waals surface area (Å²) in [6.07, 6.45) is -0.802. The molecule has 2 aromatic rings. The monoisotopic (exact) mass is 384 g/mol. The van der Waals surface area contributed by atoms with E-state index in [1.165, 1.54) is 7.11 Å². The molecule has 8 nitrogen and oxygen atoms in total. The van der Waals surface area contributed by atoms with Crippen LogP contribution >= 0.6 is 23.4 Å². The summed E-state index contributed by atoms with van der Waals surface area (Å²) in [4.78, 5) is 22.9. The summed E-state index contributed by atoms with van der Waals surface area (Å²) in [5.74, 6) is 0.643. The molecule has 1 aromatic heterocycles. The molecule has 134 valence electrons. The Kier molecular flexibility index (Phi) is 6.65. The third-order valence-electron chi connectivity index (χ3n) is 3.18. The molecular weight excluding hydrogens is 368 g/mol. The lowest BCUT2D eigenvalue weighted by atomic mass is 10.3. The van der Waals surface area contributed by atoms with Crippen molar-refractivity contribution in [3.63, 3.8) is 0 Å². The number of hydrogen-bond donors (Lipinski definition) is 1. The molecule has 0 saturated carbocycles. The molecule has 0 saturated heterocycles. The van der Waals surface area contributed by atoms with Crippen LogP contribution in [-0.4, -0.2) is 39.1 Å². The quantitative estimate of drug-likeness (QED) is 0.764. The van der Waals surface area contributed by atoms with Gasteiger partial charge in [-0.1, -0.05) is 35.5 Å². The Morgan fingerprint density at radius 1 is 1.36 bits per heavy atom. The molecule has 0 spiro atoms. The van der Waals surface area contributed by atoms with Crippen LogP contribution in [0.15, 0.2) is 29.4 Å². The Labute approximate surface area is 153 Å². The normalized spacial score (nSPS) is 11.7. The van der Waals surface area contributed by atoms with Gasteiger partial charge in [0.15, 0.2) is 11.0 Å². The number of methoxy groups -OCH3 is 1. The number of hydrogen-bond acceptors (Lipinski definition) is 7. The van der Waals surface area contributed by atoms with E-state index in [9.17, 15) is 9.59 Å². The molecular formula is C15H17ClN4O4S. The molecule has 25 heavy (non-hydrogen) atoms. The first-order valence-electron chi connectivity index (χ1n) is 7.23. The van der Waals surface area contributed by atoms with Gasteiger partial charge in [-0.15, -0.1) is 10.2 Å². The van der Waals surface area contributed by atoms with Crippen LogP contribution in [-0.2, 0) is 23.2 Å². The summed E-state index contributed by atoms with van der Waals surface area (Å²) in [7, 11) is 2.95. The number of thioether (sulfide) groups is 1. The van der Waals surface area contributed by atoms with Crippen molar-refractivity contribution < 1.29 is 19.1 Å². The lowest BCUT2D eigenvalue weighted by Crippen LogP contribution is -2.35. The highest BCUT2D eigenvalue weighted by Crippen LogP contribution is 2.25. The van der Waals surface area contributed by atoms with Crippen LogP contribution in [0.25, 0.3) is 0 Å². The molecule has 0 aliphatic rings. The predicted octanol–water partition coefficient (Wildman–Crippen LogP) is 2.41. The smallest absolute Gasteiger partial charge is 0.413 e. The highest BCUT2D eigenvalue weighted by molar-refractivity contribution is 8.00. The number of halogens is 1. The van der Waals surface area contributed by atoms with Crippen LogP contribution in [0.3, 0.4) is 0 Å². The van der Waals surface area contributed by atoms with Crippen molar-refractivity contribution in [3.8, 4) is 5.75 Å². The minimum Gasteiger partial charge on any atom is -0.484 e. The second-order valence-electron chi connectivity index (χ2n) is 4.92. The van der Waals surface area contributed by atoms with Crippen LogP contribution in [0.1, 0.15) is 12.7 Å². The number of carbonyl (C=O) groups excluding carboxylic acids is 2. The van der Waals surface area contributed by atoms with Gasteiger partial charge in [0, 0.05) is 7.05 Å². The third-order valence-corrected chi connectivity index (χ3v) is 4.63. The zero-order valence-corrected chi connectivity index (χ0v) is 15.4. The van der Waals surface area contributed by atoms with Gasteiger partial charge in [0.05, 0.1) is 17.4 Å². The SMILES string of the molecule is COC(=O)NC(=O)[C@@H](C)Sc1nnc(COc2ccccc2Cl)n1C. The first-order valence-corrected chi connectivity index (χ1v) is 8.49. The molecule has 1 aromatic carbocycles. The van der Waals surface area contributed by atoms with Gasteiger partial charge in [0.1, 0.15) is 12.4 Å². The van der Waals surface area contributed by atoms with E-state index in [-0.39, 0.29) is 6.61 Å². The summed E-state index contributed by atoms with van der Waals surface area (Å²) in [5, 5.41) is 10.7. The fourth-order valence-corrected chi connectivity index (χ4v) is 2.77. The Balaban J connectivity index is 1.97. The van der Waals surface area contributed by atoms with Crippen LogP contribution in [0.2, 0.25) is 5.02 Å². The predicted molar refractivity (Wildman–Crippen MR) is 92.7 cm³/mol. The molecule has 10 heteroatoms. The van der Waals surface area contributed by atoms with Gasteiger partial charge in [-0.3, -0.25) is 10.1 Å². The van der Waals surface area contributed by atoms with Gasteiger partial charge >= 0.3 is 6.09 Å². The minimum atomic E-state index is -0.802. The second kappa shape index (κ2) is 8.72. The van der Waals surface area contributed by atoms with Crippen molar-refractivity contribution in [3.05, 3.63) is 35.1 Å². The van der Waals surface area contributed by atoms with Gasteiger partial charge in [-0.2, -0.15) is 0 Å². The summed E-state index contributed by atoms with van der Waals surface area (Å²) >= 11 is 7.20. The maximum absolute atomic E-state index is 11.9. The van der Waals surface area contributed by atoms with Gasteiger partial charge in [-0.25, -0.2) is 4.79 Å². The van der Waals surface area contributed by atoms with Crippen LogP contribution in [0.5, 0.6) is 5.75 Å². The standard InChI is InChI=1S/C15H17ClN4O4S/c1-9(13(21)17-15(22)23-3)25-14-19-18-12(20(14)2)8-24-11-7-5-4-6-10(11)16/h4-7,9H,8H2,1-3H3,(H,17,21,22)/t9-/m1/s1. The zero-order valence-electron chi connectivity index (χ0n) is 13.9. The minimum absolute atomic E-state index is 0.177. The highest BCUT2D eigenvalue weighted by atomic mass is 35.5. The Bertz CT molecular complexity index is 768. The van der Waals surface area contributed by atoms with Gasteiger partial charge < -0.3 is 14.0 Å². The number of para-hydroxylation sites is 1. The Morgan fingerprint density at radius 3 is 2.76 bits per heavy atom. The fourth-order valence-electron chi connectivity index (χ4n) is 1.74. The number of rotatable bonds is 6. The van der Waals surface area contributed by atoms with Gasteiger partial charge in [0.25, 0.3) is 0 Å². The van der Waals surface area contributed by atoms with E-state index in [0.29, 0.717) is 21.8 Å². The van der Waals surface area contributed by atoms with Crippen molar-refractivity contribution in [2.24, 2.45) is 7.05 Å². The van der Waals surface area contributed by atoms with E-state index in [2.05, 4.69) is 20.3 Å². The van der Waals surface area contributed by atoms with E-state index < -0.39 is 17.3 Å². The summed E-state index contributed by atoms with van der Waals surface area (Å²) < 4.78 is 11.7. The Hall–Kier alpha value is -2.26. The fraction of sp³-hybridized carbons (Fsp3) is 0.333. The van der Waals surface area contributed by atoms with E-state index in [0.717, 1.165) is 11.8 Å². The molecule has 2 rings (SSSR count). The number of amides is 2. The number of carbonyl (C=O) groups is 2. The zero-order chi connectivity index (χ0) is 18.4. The number of nitrogens with one attached hydrogen (secondary N) is 1. The molecule has 1 heterocycles. The average molecular weight is 385 g/mol. The van der Waals surface area contributed by atoms with Crippen LogP contribution in [0, 0.1) is 0 Å². The second-order valence-corrected chi connectivity index (χ2v) is 6.63. The molecule has 0 unspecified atom stereocenters. The van der Waals surface area contributed by atoms with Gasteiger partial charge in [-0.05, 0) is 19.1 Å². The van der Waals surface area contributed by atoms with E-state index in [1.807, 2.05) is 12.1 Å². The molecule has 0 aliphatic heterocycles. The number of nitrogens with zero attached hydrogens (tertiary/aromatic N) is 3. The number of ether oxygens (including phenoxy) is 2.